The molecule has 0 aliphatic heterocycles. The van der Waals surface area contributed by atoms with Gasteiger partial charge < -0.3 is 4.74 Å². The lowest BCUT2D eigenvalue weighted by atomic mass is 9.95. The summed E-state index contributed by atoms with van der Waals surface area (Å²) in [5.74, 6) is 1.19. The molecule has 0 atom stereocenters. The standard InChI is InChI=1S/C20H34O/c1-5-9-12-17-15-18(13-10-6-2)20(21-8-4)19(16-17)14-11-7-3/h15-16H,5-14H2,1-4H3. The van der Waals surface area contributed by atoms with Crippen LogP contribution in [0.3, 0.4) is 0 Å². The fraction of sp³-hybridized carbons (Fsp3) is 0.700. The van der Waals surface area contributed by atoms with Crippen molar-refractivity contribution in [2.75, 3.05) is 6.61 Å². The maximum absolute atomic E-state index is 6.02. The van der Waals surface area contributed by atoms with Crippen molar-refractivity contribution >= 4 is 0 Å². The molecule has 0 radical (unpaired) electrons. The lowest BCUT2D eigenvalue weighted by molar-refractivity contribution is 0.332. The number of hydrogen-bond donors (Lipinski definition) is 0. The van der Waals surface area contributed by atoms with E-state index in [1.54, 1.807) is 0 Å². The van der Waals surface area contributed by atoms with Gasteiger partial charge in [0.1, 0.15) is 5.75 Å². The van der Waals surface area contributed by atoms with E-state index in [0.717, 1.165) is 19.4 Å². The van der Waals surface area contributed by atoms with Crippen LogP contribution < -0.4 is 4.74 Å². The lowest BCUT2D eigenvalue weighted by Gasteiger charge is -2.17. The van der Waals surface area contributed by atoms with E-state index >= 15 is 0 Å². The first kappa shape index (κ1) is 18.1. The Morgan fingerprint density at radius 3 is 1.62 bits per heavy atom. The normalized spacial score (nSPS) is 10.9. The van der Waals surface area contributed by atoms with Gasteiger partial charge in [-0.2, -0.15) is 0 Å². The average molecular weight is 290 g/mol. The van der Waals surface area contributed by atoms with Crippen molar-refractivity contribution in [2.45, 2.75) is 85.5 Å². The summed E-state index contributed by atoms with van der Waals surface area (Å²) in [5.41, 5.74) is 4.40. The van der Waals surface area contributed by atoms with Crippen LogP contribution >= 0.6 is 0 Å². The Morgan fingerprint density at radius 2 is 1.19 bits per heavy atom. The summed E-state index contributed by atoms with van der Waals surface area (Å²) in [6, 6.07) is 4.82. The smallest absolute Gasteiger partial charge is 0.125 e. The van der Waals surface area contributed by atoms with Crippen molar-refractivity contribution < 1.29 is 4.74 Å². The van der Waals surface area contributed by atoms with Crippen LogP contribution in [-0.2, 0) is 19.3 Å². The van der Waals surface area contributed by atoms with Gasteiger partial charge in [-0.1, -0.05) is 52.2 Å². The predicted molar refractivity (Wildman–Crippen MR) is 93.4 cm³/mol. The van der Waals surface area contributed by atoms with Crippen molar-refractivity contribution in [3.8, 4) is 5.75 Å². The van der Waals surface area contributed by atoms with Crippen LogP contribution in [0.4, 0.5) is 0 Å². The van der Waals surface area contributed by atoms with Crippen molar-refractivity contribution in [1.29, 1.82) is 0 Å². The Labute approximate surface area is 132 Å². The van der Waals surface area contributed by atoms with Gasteiger partial charge in [-0.05, 0) is 62.1 Å². The first-order valence-electron chi connectivity index (χ1n) is 9.04. The highest BCUT2D eigenvalue weighted by Gasteiger charge is 2.12. The zero-order valence-corrected chi connectivity index (χ0v) is 14.6. The van der Waals surface area contributed by atoms with Crippen LogP contribution in [0.5, 0.6) is 5.75 Å². The molecule has 0 saturated carbocycles. The van der Waals surface area contributed by atoms with Crippen molar-refractivity contribution in [3.63, 3.8) is 0 Å². The molecule has 1 rings (SSSR count). The summed E-state index contributed by atoms with van der Waals surface area (Å²) in [4.78, 5) is 0. The largest absolute Gasteiger partial charge is 0.493 e. The molecule has 0 aromatic heterocycles. The lowest BCUT2D eigenvalue weighted by Crippen LogP contribution is -2.04. The average Bonchev–Trinajstić information content (AvgIpc) is 2.50. The third kappa shape index (κ3) is 6.11. The first-order valence-corrected chi connectivity index (χ1v) is 9.04. The zero-order valence-electron chi connectivity index (χ0n) is 14.6. The van der Waals surface area contributed by atoms with Crippen LogP contribution in [0.1, 0.15) is 82.9 Å². The topological polar surface area (TPSA) is 9.23 Å². The van der Waals surface area contributed by atoms with Gasteiger partial charge in [-0.25, -0.2) is 0 Å². The summed E-state index contributed by atoms with van der Waals surface area (Å²) in [6.45, 7) is 9.66. The van der Waals surface area contributed by atoms with E-state index in [-0.39, 0.29) is 0 Å². The molecule has 0 amide bonds. The minimum atomic E-state index is 0.770. The predicted octanol–water partition coefficient (Wildman–Crippen LogP) is 6.11. The van der Waals surface area contributed by atoms with Crippen molar-refractivity contribution in [1.82, 2.24) is 0 Å². The van der Waals surface area contributed by atoms with Gasteiger partial charge in [-0.15, -0.1) is 0 Å². The number of benzene rings is 1. The van der Waals surface area contributed by atoms with Crippen LogP contribution in [0.15, 0.2) is 12.1 Å². The molecule has 0 saturated heterocycles. The second-order valence-electron chi connectivity index (χ2n) is 5.99. The summed E-state index contributed by atoms with van der Waals surface area (Å²) in [7, 11) is 0. The van der Waals surface area contributed by atoms with Gasteiger partial charge in [0.2, 0.25) is 0 Å². The van der Waals surface area contributed by atoms with Crippen molar-refractivity contribution in [2.24, 2.45) is 0 Å². The van der Waals surface area contributed by atoms with Crippen LogP contribution in [0.2, 0.25) is 0 Å². The molecule has 0 heterocycles. The van der Waals surface area contributed by atoms with Gasteiger partial charge in [0.05, 0.1) is 6.61 Å². The SMILES string of the molecule is CCCCc1cc(CCCC)c(OCC)c(CCCC)c1. The molecule has 0 aliphatic rings. The molecular formula is C20H34O. The Hall–Kier alpha value is -0.980. The summed E-state index contributed by atoms with van der Waals surface area (Å²) in [6.07, 6.45) is 11.1. The number of hydrogen-bond acceptors (Lipinski definition) is 1. The summed E-state index contributed by atoms with van der Waals surface area (Å²) < 4.78 is 6.02. The Kier molecular flexibility index (Phi) is 9.21. The van der Waals surface area contributed by atoms with E-state index in [1.807, 2.05) is 0 Å². The fourth-order valence-electron chi connectivity index (χ4n) is 2.79. The second kappa shape index (κ2) is 10.7. The molecule has 0 bridgehead atoms. The Morgan fingerprint density at radius 1 is 0.714 bits per heavy atom. The molecule has 0 aliphatic carbocycles. The van der Waals surface area contributed by atoms with E-state index in [9.17, 15) is 0 Å². The number of aryl methyl sites for hydroxylation is 3. The molecular weight excluding hydrogens is 256 g/mol. The molecule has 1 aromatic carbocycles. The summed E-state index contributed by atoms with van der Waals surface area (Å²) in [5, 5.41) is 0. The minimum absolute atomic E-state index is 0.770. The number of rotatable bonds is 11. The van der Waals surface area contributed by atoms with E-state index in [1.165, 1.54) is 67.4 Å². The zero-order chi connectivity index (χ0) is 15.5. The Bertz CT molecular complexity index is 366. The highest BCUT2D eigenvalue weighted by atomic mass is 16.5. The van der Waals surface area contributed by atoms with Gasteiger partial charge in [0.25, 0.3) is 0 Å². The van der Waals surface area contributed by atoms with Crippen LogP contribution in [0.25, 0.3) is 0 Å². The molecule has 0 N–H and O–H groups in total. The van der Waals surface area contributed by atoms with Crippen LogP contribution in [-0.4, -0.2) is 6.61 Å². The molecule has 0 spiro atoms. The molecule has 0 unspecified atom stereocenters. The third-order valence-corrected chi connectivity index (χ3v) is 4.01. The molecule has 1 aromatic rings. The first-order chi connectivity index (χ1) is 10.3. The summed E-state index contributed by atoms with van der Waals surface area (Å²) >= 11 is 0. The molecule has 1 nitrogen and oxygen atoms in total. The molecule has 21 heavy (non-hydrogen) atoms. The van der Waals surface area contributed by atoms with Crippen molar-refractivity contribution in [3.05, 3.63) is 28.8 Å². The highest BCUT2D eigenvalue weighted by Crippen LogP contribution is 2.30. The second-order valence-corrected chi connectivity index (χ2v) is 5.99. The van der Waals surface area contributed by atoms with Crippen LogP contribution in [0, 0.1) is 0 Å². The van der Waals surface area contributed by atoms with Gasteiger partial charge in [0, 0.05) is 0 Å². The Balaban J connectivity index is 3.07. The molecule has 1 heteroatoms. The quantitative estimate of drug-likeness (QED) is 0.477. The monoisotopic (exact) mass is 290 g/mol. The van der Waals surface area contributed by atoms with E-state index in [4.69, 9.17) is 4.74 Å². The number of unbranched alkanes of at least 4 members (excludes halogenated alkanes) is 3. The molecule has 120 valence electrons. The maximum atomic E-state index is 6.02. The van der Waals surface area contributed by atoms with E-state index < -0.39 is 0 Å². The van der Waals surface area contributed by atoms with Gasteiger partial charge in [0.15, 0.2) is 0 Å². The van der Waals surface area contributed by atoms with E-state index in [2.05, 4.69) is 39.8 Å². The highest BCUT2D eigenvalue weighted by molar-refractivity contribution is 5.45. The van der Waals surface area contributed by atoms with Gasteiger partial charge in [-0.3, -0.25) is 0 Å². The minimum Gasteiger partial charge on any atom is -0.493 e. The third-order valence-electron chi connectivity index (χ3n) is 4.01. The van der Waals surface area contributed by atoms with E-state index in [0.29, 0.717) is 0 Å². The van der Waals surface area contributed by atoms with Gasteiger partial charge >= 0.3 is 0 Å². The fourth-order valence-corrected chi connectivity index (χ4v) is 2.79. The maximum Gasteiger partial charge on any atom is 0.125 e. The number of ether oxygens (including phenoxy) is 1. The molecule has 0 fully saturated rings.